The second-order valence-corrected chi connectivity index (χ2v) is 8.28. The van der Waals surface area contributed by atoms with E-state index < -0.39 is 10.0 Å². The molecule has 0 atom stereocenters. The van der Waals surface area contributed by atoms with Crippen molar-refractivity contribution in [3.8, 4) is 28.9 Å². The monoisotopic (exact) mass is 423 g/mol. The summed E-state index contributed by atoms with van der Waals surface area (Å²) in [6, 6.07) is 17.5. The van der Waals surface area contributed by atoms with Gasteiger partial charge in [-0.15, -0.1) is 4.09 Å². The third-order valence-corrected chi connectivity index (χ3v) is 6.34. The van der Waals surface area contributed by atoms with Gasteiger partial charge in [-0.1, -0.05) is 41.5 Å². The summed E-state index contributed by atoms with van der Waals surface area (Å²) >= 11 is 0. The lowest BCUT2D eigenvalue weighted by atomic mass is 10.1. The molecule has 152 valence electrons. The first kappa shape index (κ1) is 18.4. The molecule has 0 aliphatic carbocycles. The molecule has 0 unspecified atom stereocenters. The number of hydrogen-bond donors (Lipinski definition) is 0. The van der Waals surface area contributed by atoms with E-state index in [2.05, 4.69) is 10.1 Å². The van der Waals surface area contributed by atoms with Crippen LogP contribution in [0.3, 0.4) is 0 Å². The first-order chi connectivity index (χ1) is 14.6. The van der Waals surface area contributed by atoms with Gasteiger partial charge >= 0.3 is 6.01 Å². The van der Waals surface area contributed by atoms with Gasteiger partial charge in [0, 0.05) is 10.9 Å². The Kier molecular flexibility index (Phi) is 4.32. The van der Waals surface area contributed by atoms with Crippen LogP contribution in [0.25, 0.3) is 22.2 Å². The van der Waals surface area contributed by atoms with Crippen molar-refractivity contribution >= 4 is 20.8 Å². The molecular formula is C21H17N3O5S. The average molecular weight is 423 g/mol. The van der Waals surface area contributed by atoms with Crippen LogP contribution in [-0.4, -0.2) is 36.0 Å². The Labute approximate surface area is 172 Å². The number of hydrogen-bond acceptors (Lipinski definition) is 7. The van der Waals surface area contributed by atoms with E-state index >= 15 is 0 Å². The highest BCUT2D eigenvalue weighted by Gasteiger charge is 2.28. The number of ether oxygens (including phenoxy) is 3. The van der Waals surface area contributed by atoms with E-state index in [-0.39, 0.29) is 23.5 Å². The van der Waals surface area contributed by atoms with Crippen LogP contribution in [0.15, 0.2) is 65.6 Å². The van der Waals surface area contributed by atoms with E-state index in [4.69, 9.17) is 14.2 Å². The zero-order valence-electron chi connectivity index (χ0n) is 16.0. The Morgan fingerprint density at radius 1 is 1.03 bits per heavy atom. The van der Waals surface area contributed by atoms with Crippen LogP contribution in [-0.2, 0) is 10.0 Å². The summed E-state index contributed by atoms with van der Waals surface area (Å²) in [7, 11) is -4.06. The van der Waals surface area contributed by atoms with Crippen LogP contribution in [0.4, 0.5) is 0 Å². The van der Waals surface area contributed by atoms with Crippen LogP contribution in [0, 0.1) is 0 Å². The summed E-state index contributed by atoms with van der Waals surface area (Å²) in [4.78, 5) is 4.46. The van der Waals surface area contributed by atoms with Crippen LogP contribution < -0.4 is 14.2 Å². The second-order valence-electron chi connectivity index (χ2n) is 6.54. The van der Waals surface area contributed by atoms with Crippen molar-refractivity contribution in [3.05, 3.63) is 60.7 Å². The molecule has 8 nitrogen and oxygen atoms in total. The van der Waals surface area contributed by atoms with Gasteiger partial charge < -0.3 is 14.2 Å². The summed E-state index contributed by atoms with van der Waals surface area (Å²) in [6.07, 6.45) is 0. The third-order valence-electron chi connectivity index (χ3n) is 4.72. The van der Waals surface area contributed by atoms with Crippen LogP contribution >= 0.6 is 0 Å². The van der Waals surface area contributed by atoms with Crippen molar-refractivity contribution < 1.29 is 22.6 Å². The number of fused-ring (bicyclic) bond motifs is 2. The van der Waals surface area contributed by atoms with E-state index in [1.54, 1.807) is 49.4 Å². The Morgan fingerprint density at radius 3 is 2.70 bits per heavy atom. The minimum Gasteiger partial charge on any atom is -0.463 e. The first-order valence-corrected chi connectivity index (χ1v) is 10.7. The fourth-order valence-corrected chi connectivity index (χ4v) is 4.81. The summed E-state index contributed by atoms with van der Waals surface area (Å²) < 4.78 is 44.4. The van der Waals surface area contributed by atoms with Crippen molar-refractivity contribution in [3.63, 3.8) is 0 Å². The maximum atomic E-state index is 13.6. The molecule has 0 N–H and O–H groups in total. The summed E-state index contributed by atoms with van der Waals surface area (Å²) in [5.74, 6) is 1.24. The van der Waals surface area contributed by atoms with Gasteiger partial charge in [-0.25, -0.2) is 0 Å². The Morgan fingerprint density at radius 2 is 1.83 bits per heavy atom. The summed E-state index contributed by atoms with van der Waals surface area (Å²) in [5.41, 5.74) is 0.515. The van der Waals surface area contributed by atoms with Gasteiger partial charge in [-0.05, 0) is 36.6 Å². The summed E-state index contributed by atoms with van der Waals surface area (Å²) in [5, 5.41) is 5.56. The third kappa shape index (κ3) is 2.94. The van der Waals surface area contributed by atoms with Crippen LogP contribution in [0.2, 0.25) is 0 Å². The summed E-state index contributed by atoms with van der Waals surface area (Å²) in [6.45, 7) is 2.20. The fourth-order valence-electron chi connectivity index (χ4n) is 3.36. The molecule has 9 heteroatoms. The molecule has 0 bridgehead atoms. The second kappa shape index (κ2) is 7.03. The van der Waals surface area contributed by atoms with Gasteiger partial charge in [0.1, 0.15) is 0 Å². The maximum Gasteiger partial charge on any atom is 0.337 e. The zero-order valence-corrected chi connectivity index (χ0v) is 16.8. The predicted molar refractivity (Wildman–Crippen MR) is 109 cm³/mol. The first-order valence-electron chi connectivity index (χ1n) is 9.31. The van der Waals surface area contributed by atoms with Gasteiger partial charge in [-0.2, -0.15) is 13.4 Å². The number of rotatable bonds is 5. The topological polar surface area (TPSA) is 92.5 Å². The number of aromatic nitrogens is 3. The lowest BCUT2D eigenvalue weighted by Gasteiger charge is -2.10. The molecule has 3 aromatic carbocycles. The normalized spacial score (nSPS) is 13.0. The molecular weight excluding hydrogens is 406 g/mol. The lowest BCUT2D eigenvalue weighted by molar-refractivity contribution is 0.174. The highest BCUT2D eigenvalue weighted by Crippen LogP contribution is 2.37. The van der Waals surface area contributed by atoms with Crippen molar-refractivity contribution in [2.45, 2.75) is 11.8 Å². The van der Waals surface area contributed by atoms with E-state index in [1.807, 2.05) is 18.2 Å². The number of benzene rings is 3. The van der Waals surface area contributed by atoms with Crippen LogP contribution in [0.1, 0.15) is 6.92 Å². The predicted octanol–water partition coefficient (Wildman–Crippen LogP) is 3.46. The van der Waals surface area contributed by atoms with Gasteiger partial charge in [0.05, 0.1) is 11.5 Å². The van der Waals surface area contributed by atoms with Gasteiger partial charge in [0.2, 0.25) is 6.79 Å². The molecule has 1 aliphatic heterocycles. The zero-order chi connectivity index (χ0) is 20.7. The minimum absolute atomic E-state index is 0.0195. The molecule has 0 amide bonds. The van der Waals surface area contributed by atoms with E-state index in [0.29, 0.717) is 29.1 Å². The van der Waals surface area contributed by atoms with Crippen molar-refractivity contribution in [1.29, 1.82) is 0 Å². The Balaban J connectivity index is 1.72. The molecule has 0 spiro atoms. The number of nitrogens with zero attached hydrogens (tertiary/aromatic N) is 3. The van der Waals surface area contributed by atoms with Crippen molar-refractivity contribution in [2.75, 3.05) is 13.4 Å². The van der Waals surface area contributed by atoms with Crippen molar-refractivity contribution in [2.24, 2.45) is 0 Å². The van der Waals surface area contributed by atoms with Gasteiger partial charge in [-0.3, -0.25) is 0 Å². The molecule has 1 aromatic heterocycles. The Hall–Kier alpha value is -3.59. The largest absolute Gasteiger partial charge is 0.463 e. The molecule has 0 radical (unpaired) electrons. The van der Waals surface area contributed by atoms with E-state index in [1.165, 1.54) is 0 Å². The van der Waals surface area contributed by atoms with Crippen LogP contribution in [0.5, 0.6) is 17.5 Å². The molecule has 30 heavy (non-hydrogen) atoms. The van der Waals surface area contributed by atoms with E-state index in [0.717, 1.165) is 9.47 Å². The lowest BCUT2D eigenvalue weighted by Crippen LogP contribution is -2.16. The molecule has 0 fully saturated rings. The molecule has 0 saturated heterocycles. The maximum absolute atomic E-state index is 13.6. The standard InChI is InChI=1S/C21H17N3O5S/c1-2-27-21-22-20(15-10-11-17-18(12-15)29-13-28-17)24(23-21)30(25,26)19-9-5-7-14-6-3-4-8-16(14)19/h3-12H,2,13H2,1H3. The van der Waals surface area contributed by atoms with E-state index in [9.17, 15) is 8.42 Å². The molecule has 0 saturated carbocycles. The van der Waals surface area contributed by atoms with Crippen molar-refractivity contribution in [1.82, 2.24) is 14.2 Å². The molecule has 4 aromatic rings. The quantitative estimate of drug-likeness (QED) is 0.485. The smallest absolute Gasteiger partial charge is 0.337 e. The SMILES string of the molecule is CCOc1nc(-c2ccc3c(c2)OCO3)n(S(=O)(=O)c2cccc3ccccc23)n1. The highest BCUT2D eigenvalue weighted by atomic mass is 32.2. The Bertz CT molecular complexity index is 1360. The fraction of sp³-hybridized carbons (Fsp3) is 0.143. The molecule has 2 heterocycles. The van der Waals surface area contributed by atoms with Gasteiger partial charge in [0.25, 0.3) is 10.0 Å². The molecule has 1 aliphatic rings. The average Bonchev–Trinajstić information content (AvgIpc) is 3.40. The molecule has 5 rings (SSSR count). The van der Waals surface area contributed by atoms with Gasteiger partial charge in [0.15, 0.2) is 17.3 Å². The highest BCUT2D eigenvalue weighted by molar-refractivity contribution is 7.90. The minimum atomic E-state index is -4.06.